The second-order valence-corrected chi connectivity index (χ2v) is 8.10. The van der Waals surface area contributed by atoms with Gasteiger partial charge < -0.3 is 14.5 Å². The number of ether oxygens (including phenoxy) is 1. The molecule has 1 atom stereocenters. The lowest BCUT2D eigenvalue weighted by atomic mass is 9.79. The van der Waals surface area contributed by atoms with Gasteiger partial charge in [0, 0.05) is 44.8 Å². The highest BCUT2D eigenvalue weighted by Crippen LogP contribution is 2.40. The van der Waals surface area contributed by atoms with E-state index in [2.05, 4.69) is 32.1 Å². The van der Waals surface area contributed by atoms with E-state index in [9.17, 15) is 0 Å². The second-order valence-electron chi connectivity index (χ2n) is 8.10. The number of anilines is 1. The van der Waals surface area contributed by atoms with E-state index >= 15 is 0 Å². The van der Waals surface area contributed by atoms with Crippen LogP contribution >= 0.6 is 0 Å². The van der Waals surface area contributed by atoms with Gasteiger partial charge in [0.25, 0.3) is 0 Å². The number of likely N-dealkylation sites (tertiary alicyclic amines) is 1. The van der Waals surface area contributed by atoms with E-state index < -0.39 is 0 Å². The molecule has 0 saturated carbocycles. The van der Waals surface area contributed by atoms with E-state index in [1.165, 1.54) is 51.7 Å². The summed E-state index contributed by atoms with van der Waals surface area (Å²) in [6, 6.07) is 4.21. The molecule has 132 valence electrons. The highest BCUT2D eigenvalue weighted by molar-refractivity contribution is 5.38. The third-order valence-electron chi connectivity index (χ3n) is 6.14. The zero-order valence-electron chi connectivity index (χ0n) is 14.9. The summed E-state index contributed by atoms with van der Waals surface area (Å²) in [5.41, 5.74) is 1.46. The fraction of sp³-hybridized carbons (Fsp3) is 0.789. The Morgan fingerprint density at radius 1 is 1.12 bits per heavy atom. The van der Waals surface area contributed by atoms with Crippen molar-refractivity contribution in [2.75, 3.05) is 50.8 Å². The van der Waals surface area contributed by atoms with Crippen LogP contribution in [0, 0.1) is 18.3 Å². The van der Waals surface area contributed by atoms with Crippen LogP contribution in [-0.4, -0.2) is 61.0 Å². The summed E-state index contributed by atoms with van der Waals surface area (Å²) in [5.74, 6) is 1.90. The third kappa shape index (κ3) is 3.57. The van der Waals surface area contributed by atoms with Crippen molar-refractivity contribution in [3.8, 4) is 0 Å². The molecule has 0 radical (unpaired) electrons. The van der Waals surface area contributed by atoms with Crippen molar-refractivity contribution in [2.24, 2.45) is 11.3 Å². The number of hydrogen-bond donors (Lipinski definition) is 0. The summed E-state index contributed by atoms with van der Waals surface area (Å²) in [4.78, 5) is 5.19. The van der Waals surface area contributed by atoms with Gasteiger partial charge in [0.05, 0.1) is 5.69 Å². The highest BCUT2D eigenvalue weighted by atomic mass is 16.5. The molecule has 3 aliphatic heterocycles. The monoisotopic (exact) mass is 330 g/mol. The van der Waals surface area contributed by atoms with Gasteiger partial charge in [0.15, 0.2) is 5.82 Å². The van der Waals surface area contributed by atoms with Gasteiger partial charge in [-0.3, -0.25) is 0 Å². The van der Waals surface area contributed by atoms with Crippen LogP contribution in [0.5, 0.6) is 0 Å². The second kappa shape index (κ2) is 6.96. The summed E-state index contributed by atoms with van der Waals surface area (Å²) >= 11 is 0. The zero-order valence-corrected chi connectivity index (χ0v) is 14.9. The number of hydrogen-bond acceptors (Lipinski definition) is 5. The van der Waals surface area contributed by atoms with Crippen LogP contribution in [0.25, 0.3) is 0 Å². The summed E-state index contributed by atoms with van der Waals surface area (Å²) in [7, 11) is 0. The fourth-order valence-electron chi connectivity index (χ4n) is 4.77. The maximum absolute atomic E-state index is 5.51. The van der Waals surface area contributed by atoms with Crippen molar-refractivity contribution >= 4 is 5.82 Å². The Bertz CT molecular complexity index is 543. The summed E-state index contributed by atoms with van der Waals surface area (Å²) < 4.78 is 5.51. The number of nitrogens with zero attached hydrogens (tertiary/aromatic N) is 4. The molecule has 1 aromatic rings. The molecule has 4 rings (SSSR count). The van der Waals surface area contributed by atoms with Crippen LogP contribution in [0.3, 0.4) is 0 Å². The first-order valence-corrected chi connectivity index (χ1v) is 9.58. The molecule has 0 aromatic carbocycles. The van der Waals surface area contributed by atoms with Crippen molar-refractivity contribution < 1.29 is 4.74 Å². The number of rotatable bonds is 3. The molecule has 1 spiro atoms. The summed E-state index contributed by atoms with van der Waals surface area (Å²) in [6.45, 7) is 10.0. The molecule has 0 aliphatic carbocycles. The molecule has 0 bridgehead atoms. The van der Waals surface area contributed by atoms with Gasteiger partial charge in [0.2, 0.25) is 0 Å². The molecule has 0 N–H and O–H groups in total. The van der Waals surface area contributed by atoms with Crippen LogP contribution in [0.2, 0.25) is 0 Å². The number of aromatic nitrogens is 2. The molecular formula is C19H30N4O. The first kappa shape index (κ1) is 16.3. The van der Waals surface area contributed by atoms with Gasteiger partial charge in [-0.25, -0.2) is 0 Å². The molecule has 5 heteroatoms. The Morgan fingerprint density at radius 2 is 2.00 bits per heavy atom. The Labute approximate surface area is 145 Å². The van der Waals surface area contributed by atoms with Gasteiger partial charge in [-0.1, -0.05) is 0 Å². The number of aryl methyl sites for hydroxylation is 1. The van der Waals surface area contributed by atoms with E-state index in [-0.39, 0.29) is 0 Å². The molecular weight excluding hydrogens is 300 g/mol. The van der Waals surface area contributed by atoms with Crippen molar-refractivity contribution in [1.29, 1.82) is 0 Å². The molecule has 3 fully saturated rings. The molecule has 1 aromatic heterocycles. The lowest BCUT2D eigenvalue weighted by molar-refractivity contribution is 0.0537. The van der Waals surface area contributed by atoms with E-state index in [1.54, 1.807) is 0 Å². The van der Waals surface area contributed by atoms with Crippen molar-refractivity contribution in [3.63, 3.8) is 0 Å². The Hall–Kier alpha value is -1.20. The third-order valence-corrected chi connectivity index (χ3v) is 6.14. The smallest absolute Gasteiger partial charge is 0.151 e. The lowest BCUT2D eigenvalue weighted by Gasteiger charge is -2.41. The van der Waals surface area contributed by atoms with Gasteiger partial charge >= 0.3 is 0 Å². The quantitative estimate of drug-likeness (QED) is 0.852. The van der Waals surface area contributed by atoms with Gasteiger partial charge in [0.1, 0.15) is 0 Å². The predicted molar refractivity (Wildman–Crippen MR) is 95.2 cm³/mol. The minimum atomic E-state index is 0.468. The van der Waals surface area contributed by atoms with Gasteiger partial charge in [-0.05, 0) is 63.6 Å². The van der Waals surface area contributed by atoms with Crippen molar-refractivity contribution in [1.82, 2.24) is 15.1 Å². The topological polar surface area (TPSA) is 41.5 Å². The van der Waals surface area contributed by atoms with E-state index in [0.717, 1.165) is 43.7 Å². The zero-order chi connectivity index (χ0) is 16.4. The first-order chi connectivity index (χ1) is 11.7. The minimum absolute atomic E-state index is 0.468. The Kier molecular flexibility index (Phi) is 4.72. The molecule has 5 nitrogen and oxygen atoms in total. The average molecular weight is 330 g/mol. The van der Waals surface area contributed by atoms with Crippen LogP contribution in [0.4, 0.5) is 5.82 Å². The van der Waals surface area contributed by atoms with Crippen LogP contribution in [-0.2, 0) is 4.74 Å². The predicted octanol–water partition coefficient (Wildman–Crippen LogP) is 2.50. The van der Waals surface area contributed by atoms with Crippen molar-refractivity contribution in [3.05, 3.63) is 17.8 Å². The molecule has 4 heterocycles. The Morgan fingerprint density at radius 3 is 2.79 bits per heavy atom. The lowest BCUT2D eigenvalue weighted by Crippen LogP contribution is -2.45. The number of piperidine rings is 1. The Balaban J connectivity index is 1.37. The van der Waals surface area contributed by atoms with Gasteiger partial charge in [-0.2, -0.15) is 5.10 Å². The van der Waals surface area contributed by atoms with Crippen molar-refractivity contribution in [2.45, 2.75) is 39.0 Å². The average Bonchev–Trinajstić information content (AvgIpc) is 2.98. The largest absolute Gasteiger partial charge is 0.381 e. The summed E-state index contributed by atoms with van der Waals surface area (Å²) in [5, 5.41) is 8.67. The van der Waals surface area contributed by atoms with Crippen LogP contribution in [0.1, 0.15) is 37.8 Å². The first-order valence-electron chi connectivity index (χ1n) is 9.58. The standard InChI is InChI=1S/C19H30N4O/c1-16-3-4-18(21-20-16)23-9-2-7-19(15-23)8-10-22(14-19)13-17-5-11-24-12-6-17/h3-4,17H,2,5-15H2,1H3. The van der Waals surface area contributed by atoms with E-state index in [4.69, 9.17) is 4.74 Å². The van der Waals surface area contributed by atoms with Gasteiger partial charge in [-0.15, -0.1) is 5.10 Å². The normalized spacial score (nSPS) is 29.5. The van der Waals surface area contributed by atoms with E-state index in [0.29, 0.717) is 5.41 Å². The fourth-order valence-corrected chi connectivity index (χ4v) is 4.77. The SMILES string of the molecule is Cc1ccc(N2CCCC3(CCN(CC4CCOCC4)C3)C2)nn1. The molecule has 3 saturated heterocycles. The minimum Gasteiger partial charge on any atom is -0.381 e. The molecule has 1 unspecified atom stereocenters. The summed E-state index contributed by atoms with van der Waals surface area (Å²) in [6.07, 6.45) is 6.48. The molecule has 0 amide bonds. The van der Waals surface area contributed by atoms with Crippen LogP contribution in [0.15, 0.2) is 12.1 Å². The van der Waals surface area contributed by atoms with E-state index in [1.807, 2.05) is 6.92 Å². The maximum Gasteiger partial charge on any atom is 0.151 e. The molecule has 24 heavy (non-hydrogen) atoms. The maximum atomic E-state index is 5.51. The highest BCUT2D eigenvalue weighted by Gasteiger charge is 2.42. The molecule has 3 aliphatic rings. The van der Waals surface area contributed by atoms with Crippen LogP contribution < -0.4 is 4.90 Å².